The van der Waals surface area contributed by atoms with E-state index in [4.69, 9.17) is 4.74 Å². The zero-order valence-electron chi connectivity index (χ0n) is 14.5. The summed E-state index contributed by atoms with van der Waals surface area (Å²) in [5, 5.41) is 4.42. The van der Waals surface area contributed by atoms with Crippen molar-refractivity contribution in [1.29, 1.82) is 0 Å². The minimum absolute atomic E-state index is 0.287. The highest BCUT2D eigenvalue weighted by Crippen LogP contribution is 2.25. The van der Waals surface area contributed by atoms with Crippen LogP contribution in [0.2, 0.25) is 0 Å². The first-order chi connectivity index (χ1) is 11.7. The Hall–Kier alpha value is -1.96. The maximum atomic E-state index is 12.8. The Morgan fingerprint density at radius 2 is 2.16 bits per heavy atom. The van der Waals surface area contributed by atoms with E-state index in [9.17, 15) is 9.59 Å². The van der Waals surface area contributed by atoms with E-state index in [1.54, 1.807) is 12.4 Å². The molecule has 3 rings (SSSR count). The number of fused-ring (bicyclic) bond motifs is 1. The van der Waals surface area contributed by atoms with Gasteiger partial charge in [0.2, 0.25) is 0 Å². The normalized spacial score (nSPS) is 17.2. The molecule has 0 radical (unpaired) electrons. The molecule has 0 saturated carbocycles. The third-order valence-electron chi connectivity index (χ3n) is 3.90. The van der Waals surface area contributed by atoms with Gasteiger partial charge in [0, 0.05) is 23.3 Å². The molecular weight excluding hydrogens is 388 g/mol. The van der Waals surface area contributed by atoms with E-state index >= 15 is 0 Å². The van der Waals surface area contributed by atoms with Crippen LogP contribution in [0.3, 0.4) is 0 Å². The third kappa shape index (κ3) is 4.00. The molecule has 0 unspecified atom stereocenters. The van der Waals surface area contributed by atoms with Gasteiger partial charge in [-0.2, -0.15) is 5.10 Å². The first-order valence-corrected chi connectivity index (χ1v) is 9.04. The second-order valence-corrected chi connectivity index (χ2v) is 8.10. The van der Waals surface area contributed by atoms with Crippen LogP contribution in [0, 0.1) is 0 Å². The molecule has 0 bridgehead atoms. The third-order valence-corrected chi connectivity index (χ3v) is 4.34. The summed E-state index contributed by atoms with van der Waals surface area (Å²) in [5.41, 5.74) is -0.0118. The fourth-order valence-electron chi connectivity index (χ4n) is 2.94. The van der Waals surface area contributed by atoms with Crippen LogP contribution in [0.5, 0.6) is 0 Å². The number of carbonyl (C=O) groups is 1. The molecule has 0 N–H and O–H groups in total. The van der Waals surface area contributed by atoms with Gasteiger partial charge in [0.15, 0.2) is 0 Å². The number of nitrogens with zero attached hydrogens (tertiary/aromatic N) is 4. The Kier molecular flexibility index (Phi) is 4.81. The minimum atomic E-state index is -0.607. The Morgan fingerprint density at radius 1 is 1.40 bits per heavy atom. The highest BCUT2D eigenvalue weighted by molar-refractivity contribution is 9.10. The average Bonchev–Trinajstić information content (AvgIpc) is 2.82. The lowest BCUT2D eigenvalue weighted by atomic mass is 10.0. The van der Waals surface area contributed by atoms with Crippen LogP contribution in [0.4, 0.5) is 0 Å². The fourth-order valence-corrected chi connectivity index (χ4v) is 3.35. The van der Waals surface area contributed by atoms with Gasteiger partial charge in [0.1, 0.15) is 17.5 Å². The van der Waals surface area contributed by atoms with Crippen molar-refractivity contribution < 1.29 is 9.53 Å². The summed E-state index contributed by atoms with van der Waals surface area (Å²) >= 11 is 3.37. The number of carbonyl (C=O) groups excluding carboxylic acids is 1. The molecule has 0 amide bonds. The van der Waals surface area contributed by atoms with Crippen LogP contribution in [0.15, 0.2) is 27.7 Å². The second-order valence-electron chi connectivity index (χ2n) is 7.18. The van der Waals surface area contributed by atoms with Gasteiger partial charge >= 0.3 is 11.7 Å². The SMILES string of the molecule is CC(C)(C)OC(=O)[C@@H]1CCCc2nn(Cc3cncc(Br)c3)c(=O)n21. The van der Waals surface area contributed by atoms with Gasteiger partial charge in [-0.3, -0.25) is 9.55 Å². The Morgan fingerprint density at radius 3 is 2.84 bits per heavy atom. The van der Waals surface area contributed by atoms with Gasteiger partial charge in [-0.15, -0.1) is 0 Å². The predicted molar refractivity (Wildman–Crippen MR) is 95.3 cm³/mol. The molecule has 2 aromatic heterocycles. The first kappa shape index (κ1) is 17.8. The van der Waals surface area contributed by atoms with Gasteiger partial charge < -0.3 is 4.74 Å². The monoisotopic (exact) mass is 408 g/mol. The molecule has 1 aliphatic heterocycles. The first-order valence-electron chi connectivity index (χ1n) is 8.25. The zero-order valence-corrected chi connectivity index (χ0v) is 16.1. The molecule has 0 aliphatic carbocycles. The highest BCUT2D eigenvalue weighted by Gasteiger charge is 2.33. The molecule has 1 aliphatic rings. The smallest absolute Gasteiger partial charge is 0.347 e. The number of rotatable bonds is 3. The number of hydrogen-bond acceptors (Lipinski definition) is 5. The molecule has 134 valence electrons. The largest absolute Gasteiger partial charge is 0.458 e. The van der Waals surface area contributed by atoms with E-state index in [-0.39, 0.29) is 11.7 Å². The maximum absolute atomic E-state index is 12.8. The summed E-state index contributed by atoms with van der Waals surface area (Å²) in [6.07, 6.45) is 5.45. The van der Waals surface area contributed by atoms with E-state index in [2.05, 4.69) is 26.0 Å². The molecule has 1 atom stereocenters. The second kappa shape index (κ2) is 6.74. The van der Waals surface area contributed by atoms with Crippen LogP contribution >= 0.6 is 15.9 Å². The molecule has 25 heavy (non-hydrogen) atoms. The summed E-state index contributed by atoms with van der Waals surface area (Å²) < 4.78 is 9.20. The van der Waals surface area contributed by atoms with Crippen LogP contribution in [-0.2, 0) is 22.5 Å². The Labute approximate surface area is 154 Å². The lowest BCUT2D eigenvalue weighted by Gasteiger charge is -2.26. The standard InChI is InChI=1S/C17H21BrN4O3/c1-17(2,3)25-15(23)13-5-4-6-14-20-21(16(24)22(13)14)10-11-7-12(18)9-19-8-11/h7-9,13H,4-6,10H2,1-3H3/t13-/m0/s1. The lowest BCUT2D eigenvalue weighted by Crippen LogP contribution is -2.38. The van der Waals surface area contributed by atoms with Crippen molar-refractivity contribution in [3.63, 3.8) is 0 Å². The molecule has 0 aromatic carbocycles. The van der Waals surface area contributed by atoms with Crippen LogP contribution < -0.4 is 5.69 Å². The van der Waals surface area contributed by atoms with Crippen molar-refractivity contribution >= 4 is 21.9 Å². The van der Waals surface area contributed by atoms with Crippen LogP contribution in [-0.4, -0.2) is 30.9 Å². The number of halogens is 1. The summed E-state index contributed by atoms with van der Waals surface area (Å²) in [5.74, 6) is 0.259. The Balaban J connectivity index is 1.91. The highest BCUT2D eigenvalue weighted by atomic mass is 79.9. The van der Waals surface area contributed by atoms with Gasteiger partial charge in [-0.05, 0) is 61.2 Å². The van der Waals surface area contributed by atoms with Crippen molar-refractivity contribution in [3.05, 3.63) is 44.8 Å². The number of esters is 1. The van der Waals surface area contributed by atoms with Gasteiger partial charge in [-0.1, -0.05) is 0 Å². The van der Waals surface area contributed by atoms with Crippen LogP contribution in [0.1, 0.15) is 51.0 Å². The number of aryl methyl sites for hydroxylation is 1. The zero-order chi connectivity index (χ0) is 18.2. The van der Waals surface area contributed by atoms with Gasteiger partial charge in [0.05, 0.1) is 6.54 Å². The summed E-state index contributed by atoms with van der Waals surface area (Å²) in [7, 11) is 0. The van der Waals surface area contributed by atoms with Gasteiger partial charge in [-0.25, -0.2) is 14.3 Å². The summed E-state index contributed by atoms with van der Waals surface area (Å²) in [4.78, 5) is 29.4. The minimum Gasteiger partial charge on any atom is -0.458 e. The van der Waals surface area contributed by atoms with Crippen molar-refractivity contribution in [1.82, 2.24) is 19.3 Å². The molecule has 0 fully saturated rings. The Bertz CT molecular complexity index is 850. The van der Waals surface area contributed by atoms with E-state index in [1.165, 1.54) is 9.25 Å². The van der Waals surface area contributed by atoms with Crippen LogP contribution in [0.25, 0.3) is 0 Å². The quantitative estimate of drug-likeness (QED) is 0.728. The van der Waals surface area contributed by atoms with Gasteiger partial charge in [0.25, 0.3) is 0 Å². The molecular formula is C17H21BrN4O3. The molecule has 7 nitrogen and oxygen atoms in total. The van der Waals surface area contributed by atoms with Crippen molar-refractivity contribution in [2.75, 3.05) is 0 Å². The van der Waals surface area contributed by atoms with E-state index in [0.717, 1.165) is 16.5 Å². The van der Waals surface area contributed by atoms with Crippen molar-refractivity contribution in [2.45, 2.75) is 58.2 Å². The average molecular weight is 409 g/mol. The fraction of sp³-hybridized carbons (Fsp3) is 0.529. The molecule has 8 heteroatoms. The predicted octanol–water partition coefficient (Wildman–Crippen LogP) is 2.47. The number of aromatic nitrogens is 4. The number of pyridine rings is 1. The van der Waals surface area contributed by atoms with Crippen molar-refractivity contribution in [2.24, 2.45) is 0 Å². The summed E-state index contributed by atoms with van der Waals surface area (Å²) in [6.45, 7) is 5.77. The van der Waals surface area contributed by atoms with E-state index in [1.807, 2.05) is 26.8 Å². The molecule has 0 spiro atoms. The molecule has 2 aromatic rings. The number of ether oxygens (including phenoxy) is 1. The topological polar surface area (TPSA) is 79.0 Å². The molecule has 0 saturated heterocycles. The summed E-state index contributed by atoms with van der Waals surface area (Å²) in [6, 6.07) is 1.29. The molecule has 3 heterocycles. The van der Waals surface area contributed by atoms with Crippen molar-refractivity contribution in [3.8, 4) is 0 Å². The van der Waals surface area contributed by atoms with E-state index in [0.29, 0.717) is 25.2 Å². The number of hydrogen-bond donors (Lipinski definition) is 0. The van der Waals surface area contributed by atoms with E-state index < -0.39 is 11.6 Å². The maximum Gasteiger partial charge on any atom is 0.347 e. The lowest BCUT2D eigenvalue weighted by molar-refractivity contribution is -0.159.